The Morgan fingerprint density at radius 1 is 1.27 bits per heavy atom. The lowest BCUT2D eigenvalue weighted by Gasteiger charge is -2.10. The molecule has 3 aromatic rings. The second-order valence-electron chi connectivity index (χ2n) is 5.53. The maximum absolute atomic E-state index is 12.5. The molecule has 8 heteroatoms. The molecule has 0 saturated heterocycles. The van der Waals surface area contributed by atoms with E-state index in [4.69, 9.17) is 16.3 Å². The Bertz CT molecular complexity index is 1070. The van der Waals surface area contributed by atoms with Crippen LogP contribution in [0.4, 0.5) is 0 Å². The molecular formula is C18H15ClN2O4S. The van der Waals surface area contributed by atoms with Crippen molar-refractivity contribution in [3.05, 3.63) is 57.9 Å². The van der Waals surface area contributed by atoms with Crippen molar-refractivity contribution in [3.8, 4) is 5.75 Å². The molecule has 0 bridgehead atoms. The zero-order valence-corrected chi connectivity index (χ0v) is 15.5. The van der Waals surface area contributed by atoms with Crippen molar-refractivity contribution in [2.75, 3.05) is 7.11 Å². The summed E-state index contributed by atoms with van der Waals surface area (Å²) in [6.45, 7) is 1.54. The number of aromatic nitrogens is 1. The molecule has 1 amide bonds. The second-order valence-corrected chi connectivity index (χ2v) is 6.98. The van der Waals surface area contributed by atoms with Crippen LogP contribution in [0.5, 0.6) is 5.75 Å². The average Bonchev–Trinajstić information content (AvgIpc) is 2.97. The summed E-state index contributed by atoms with van der Waals surface area (Å²) < 4.78 is 7.52. The summed E-state index contributed by atoms with van der Waals surface area (Å²) in [5.41, 5.74) is 1.01. The molecule has 0 fully saturated rings. The number of fused-ring (bicyclic) bond motifs is 1. The van der Waals surface area contributed by atoms with E-state index >= 15 is 0 Å². The van der Waals surface area contributed by atoms with Gasteiger partial charge < -0.3 is 14.4 Å². The van der Waals surface area contributed by atoms with Crippen LogP contribution in [0.1, 0.15) is 23.3 Å². The highest BCUT2D eigenvalue weighted by molar-refractivity contribution is 7.16. The molecule has 1 aromatic heterocycles. The van der Waals surface area contributed by atoms with Gasteiger partial charge in [-0.1, -0.05) is 29.0 Å². The summed E-state index contributed by atoms with van der Waals surface area (Å²) in [5, 5.41) is 9.87. The monoisotopic (exact) mass is 390 g/mol. The number of thiazole rings is 1. The number of carbonyl (C=O) groups excluding carboxylic acids is 1. The maximum atomic E-state index is 12.5. The first-order chi connectivity index (χ1) is 12.4. The number of carbonyl (C=O) groups is 2. The van der Waals surface area contributed by atoms with Crippen molar-refractivity contribution in [1.82, 2.24) is 4.57 Å². The zero-order chi connectivity index (χ0) is 18.8. The lowest BCUT2D eigenvalue weighted by molar-refractivity contribution is -0.140. The first-order valence-electron chi connectivity index (χ1n) is 7.67. The van der Waals surface area contributed by atoms with Gasteiger partial charge in [-0.25, -0.2) is 4.79 Å². The normalized spacial score (nSPS) is 13.0. The Labute approximate surface area is 157 Å². The van der Waals surface area contributed by atoms with Gasteiger partial charge in [0.1, 0.15) is 11.8 Å². The Morgan fingerprint density at radius 3 is 2.69 bits per heavy atom. The fourth-order valence-corrected chi connectivity index (χ4v) is 3.80. The fraction of sp³-hybridized carbons (Fsp3) is 0.167. The number of benzene rings is 2. The van der Waals surface area contributed by atoms with Crippen LogP contribution in [0.25, 0.3) is 10.2 Å². The number of nitrogens with zero attached hydrogens (tertiary/aromatic N) is 2. The summed E-state index contributed by atoms with van der Waals surface area (Å²) in [5.74, 6) is -0.865. The number of ether oxygens (including phenoxy) is 1. The number of hydrogen-bond donors (Lipinski definition) is 1. The fourth-order valence-electron chi connectivity index (χ4n) is 2.49. The van der Waals surface area contributed by atoms with E-state index in [2.05, 4.69) is 4.99 Å². The minimum Gasteiger partial charge on any atom is -0.497 e. The summed E-state index contributed by atoms with van der Waals surface area (Å²) in [4.78, 5) is 28.5. The number of aliphatic carboxylic acids is 1. The topological polar surface area (TPSA) is 80.9 Å². The molecule has 1 atom stereocenters. The molecule has 0 aliphatic heterocycles. The second kappa shape index (κ2) is 7.31. The lowest BCUT2D eigenvalue weighted by Crippen LogP contribution is -2.25. The van der Waals surface area contributed by atoms with Crippen LogP contribution in [0.15, 0.2) is 47.5 Å². The van der Waals surface area contributed by atoms with Crippen molar-refractivity contribution >= 4 is 45.0 Å². The molecule has 2 aromatic carbocycles. The van der Waals surface area contributed by atoms with Crippen molar-refractivity contribution in [1.29, 1.82) is 0 Å². The Morgan fingerprint density at radius 2 is 2.04 bits per heavy atom. The third-order valence-electron chi connectivity index (χ3n) is 3.85. The zero-order valence-electron chi connectivity index (χ0n) is 14.0. The molecule has 1 N–H and O–H groups in total. The molecule has 3 rings (SSSR count). The summed E-state index contributed by atoms with van der Waals surface area (Å²) in [7, 11) is 1.55. The number of amides is 1. The molecule has 134 valence electrons. The number of rotatable bonds is 4. The van der Waals surface area contributed by atoms with Gasteiger partial charge in [0.2, 0.25) is 0 Å². The quantitative estimate of drug-likeness (QED) is 0.735. The van der Waals surface area contributed by atoms with Crippen LogP contribution in [0, 0.1) is 0 Å². The third kappa shape index (κ3) is 3.49. The van der Waals surface area contributed by atoms with Gasteiger partial charge >= 0.3 is 5.97 Å². The van der Waals surface area contributed by atoms with Gasteiger partial charge in [-0.3, -0.25) is 4.79 Å². The largest absolute Gasteiger partial charge is 0.497 e. The molecular weight excluding hydrogens is 376 g/mol. The Balaban J connectivity index is 2.21. The molecule has 6 nitrogen and oxygen atoms in total. The van der Waals surface area contributed by atoms with Crippen LogP contribution < -0.4 is 9.54 Å². The minimum absolute atomic E-state index is 0.299. The van der Waals surface area contributed by atoms with E-state index in [0.717, 1.165) is 4.70 Å². The van der Waals surface area contributed by atoms with Crippen molar-refractivity contribution < 1.29 is 19.4 Å². The standard InChI is InChI=1S/C18H15ClN2O4S/c1-10(17(23)24)21-14-7-6-13(25-2)9-15(14)26-18(21)20-16(22)11-4-3-5-12(19)8-11/h3-10H,1-2H3,(H,23,24)/b20-18-. The van der Waals surface area contributed by atoms with E-state index in [1.54, 1.807) is 50.4 Å². The Kier molecular flexibility index (Phi) is 5.11. The van der Waals surface area contributed by atoms with Gasteiger partial charge in [-0.15, -0.1) is 0 Å². The first-order valence-corrected chi connectivity index (χ1v) is 8.86. The highest BCUT2D eigenvalue weighted by Crippen LogP contribution is 2.25. The summed E-state index contributed by atoms with van der Waals surface area (Å²) in [6, 6.07) is 10.9. The van der Waals surface area contributed by atoms with Crippen LogP contribution in [0.3, 0.4) is 0 Å². The van der Waals surface area contributed by atoms with E-state index < -0.39 is 17.9 Å². The van der Waals surface area contributed by atoms with Crippen LogP contribution in [-0.2, 0) is 4.79 Å². The first kappa shape index (κ1) is 18.2. The van der Waals surface area contributed by atoms with Gasteiger partial charge in [-0.05, 0) is 43.3 Å². The van der Waals surface area contributed by atoms with Gasteiger partial charge in [0.25, 0.3) is 5.91 Å². The third-order valence-corrected chi connectivity index (χ3v) is 5.10. The average molecular weight is 391 g/mol. The molecule has 0 spiro atoms. The van der Waals surface area contributed by atoms with Crippen LogP contribution in [-0.4, -0.2) is 28.7 Å². The minimum atomic E-state index is -1.02. The molecule has 1 unspecified atom stereocenters. The molecule has 1 heterocycles. The highest BCUT2D eigenvalue weighted by Gasteiger charge is 2.19. The van der Waals surface area contributed by atoms with E-state index in [1.165, 1.54) is 22.0 Å². The van der Waals surface area contributed by atoms with Gasteiger partial charge in [0.05, 0.1) is 17.3 Å². The maximum Gasteiger partial charge on any atom is 0.326 e. The Hall–Kier alpha value is -2.64. The van der Waals surface area contributed by atoms with Crippen molar-refractivity contribution in [2.24, 2.45) is 4.99 Å². The van der Waals surface area contributed by atoms with E-state index in [0.29, 0.717) is 26.7 Å². The SMILES string of the molecule is COc1ccc2c(c1)s/c(=N\C(=O)c1cccc(Cl)c1)n2C(C)C(=O)O. The smallest absolute Gasteiger partial charge is 0.326 e. The molecule has 0 saturated carbocycles. The van der Waals surface area contributed by atoms with Crippen molar-refractivity contribution in [3.63, 3.8) is 0 Å². The van der Waals surface area contributed by atoms with Crippen LogP contribution >= 0.6 is 22.9 Å². The van der Waals surface area contributed by atoms with E-state index in [-0.39, 0.29) is 0 Å². The number of methoxy groups -OCH3 is 1. The number of carboxylic acid groups (broad SMARTS) is 1. The summed E-state index contributed by atoms with van der Waals surface area (Å²) >= 11 is 7.15. The molecule has 0 radical (unpaired) electrons. The van der Waals surface area contributed by atoms with Gasteiger partial charge in [-0.2, -0.15) is 4.99 Å². The van der Waals surface area contributed by atoms with Crippen molar-refractivity contribution in [2.45, 2.75) is 13.0 Å². The van der Waals surface area contributed by atoms with Gasteiger partial charge in [0, 0.05) is 10.6 Å². The molecule has 0 aliphatic rings. The number of halogens is 1. The van der Waals surface area contributed by atoms with E-state index in [9.17, 15) is 14.7 Å². The predicted octanol–water partition coefficient (Wildman–Crippen LogP) is 3.75. The van der Waals surface area contributed by atoms with E-state index in [1.807, 2.05) is 0 Å². The lowest BCUT2D eigenvalue weighted by atomic mass is 10.2. The predicted molar refractivity (Wildman–Crippen MR) is 100 cm³/mol. The summed E-state index contributed by atoms with van der Waals surface area (Å²) in [6.07, 6.45) is 0. The van der Waals surface area contributed by atoms with Crippen LogP contribution in [0.2, 0.25) is 5.02 Å². The van der Waals surface area contributed by atoms with Gasteiger partial charge in [0.15, 0.2) is 4.80 Å². The number of hydrogen-bond acceptors (Lipinski definition) is 4. The number of carboxylic acids is 1. The molecule has 0 aliphatic carbocycles. The highest BCUT2D eigenvalue weighted by atomic mass is 35.5. The molecule has 26 heavy (non-hydrogen) atoms.